The average Bonchev–Trinajstić information content (AvgIpc) is 3.43. The second-order valence-corrected chi connectivity index (χ2v) is 7.76. The second kappa shape index (κ2) is 8.41. The molecule has 5 rings (SSSR count). The molecule has 11 heteroatoms. The van der Waals surface area contributed by atoms with Crippen molar-refractivity contribution >= 4 is 17.4 Å². The van der Waals surface area contributed by atoms with E-state index in [4.69, 9.17) is 4.74 Å². The molecule has 1 aliphatic rings. The number of benzene rings is 1. The zero-order valence-corrected chi connectivity index (χ0v) is 18.3. The molecule has 0 aliphatic heterocycles. The largest absolute Gasteiger partial charge is 0.493 e. The highest BCUT2D eigenvalue weighted by Gasteiger charge is 2.21. The second-order valence-electron chi connectivity index (χ2n) is 7.76. The quantitative estimate of drug-likeness (QED) is 0.385. The Bertz CT molecular complexity index is 1480. The molecular formula is C22H24N8O3. The first-order chi connectivity index (χ1) is 16.0. The molecule has 0 spiro atoms. The van der Waals surface area contributed by atoms with E-state index in [9.17, 15) is 9.90 Å². The third kappa shape index (κ3) is 4.29. The number of hydrogen-bond acceptors (Lipinski definition) is 8. The fourth-order valence-corrected chi connectivity index (χ4v) is 3.54. The standard InChI is InChI=1S/C22H24N8O3/c1-3-29(4-2)15-6-5-7-16(11-15)33-22-26-18-13(10-17-19(31)27-21(32)25-17)12-23-30(18)20(28-22)24-14-8-9-14/h5-7,10-12,14,31H,3-4,8-9H2,1-2H3,(H2,25,27,32)/b13-10-,24-20?. The summed E-state index contributed by atoms with van der Waals surface area (Å²) in [6, 6.07) is 8.12. The van der Waals surface area contributed by atoms with Crippen molar-refractivity contribution in [2.75, 3.05) is 18.0 Å². The Morgan fingerprint density at radius 2 is 2.09 bits per heavy atom. The Hall–Kier alpha value is -4.15. The van der Waals surface area contributed by atoms with Crippen LogP contribution in [0.4, 0.5) is 5.69 Å². The summed E-state index contributed by atoms with van der Waals surface area (Å²) < 4.78 is 7.57. The fraction of sp³-hybridized carbons (Fsp3) is 0.318. The van der Waals surface area contributed by atoms with Crippen LogP contribution in [0.1, 0.15) is 32.4 Å². The highest BCUT2D eigenvalue weighted by atomic mass is 16.5. The van der Waals surface area contributed by atoms with Crippen molar-refractivity contribution < 1.29 is 9.84 Å². The molecule has 1 aliphatic carbocycles. The van der Waals surface area contributed by atoms with Gasteiger partial charge in [-0.15, -0.1) is 0 Å². The summed E-state index contributed by atoms with van der Waals surface area (Å²) in [7, 11) is 0. The number of hydrogen-bond donors (Lipinski definition) is 3. The highest BCUT2D eigenvalue weighted by molar-refractivity contribution is 5.56. The minimum atomic E-state index is -0.508. The molecule has 0 amide bonds. The molecule has 33 heavy (non-hydrogen) atoms. The predicted octanol–water partition coefficient (Wildman–Crippen LogP) is 1.10. The van der Waals surface area contributed by atoms with Crippen molar-refractivity contribution in [1.29, 1.82) is 0 Å². The summed E-state index contributed by atoms with van der Waals surface area (Å²) >= 11 is 0. The Labute approximate surface area is 188 Å². The monoisotopic (exact) mass is 448 g/mol. The van der Waals surface area contributed by atoms with Crippen LogP contribution in [0.3, 0.4) is 0 Å². The van der Waals surface area contributed by atoms with Crippen molar-refractivity contribution in [3.8, 4) is 17.6 Å². The SMILES string of the molecule is CCN(CC)c1cccc(Oc2nc(=NC3CC3)n3nc/c(=C/c4[nH]c(=O)[nH]c4O)c3n2)c1. The van der Waals surface area contributed by atoms with Gasteiger partial charge in [-0.05, 0) is 44.9 Å². The molecule has 0 bridgehead atoms. The summed E-state index contributed by atoms with van der Waals surface area (Å²) in [5, 5.41) is 14.8. The van der Waals surface area contributed by atoms with Crippen LogP contribution in [0.5, 0.6) is 17.6 Å². The Morgan fingerprint density at radius 3 is 2.79 bits per heavy atom. The van der Waals surface area contributed by atoms with Gasteiger partial charge in [-0.1, -0.05) is 6.07 Å². The van der Waals surface area contributed by atoms with E-state index in [1.54, 1.807) is 12.3 Å². The molecule has 4 aromatic rings. The number of anilines is 1. The topological polar surface area (TPSA) is 137 Å². The van der Waals surface area contributed by atoms with Crippen LogP contribution in [-0.4, -0.2) is 53.8 Å². The molecule has 0 radical (unpaired) electrons. The smallest absolute Gasteiger partial charge is 0.327 e. The number of aromatic hydroxyl groups is 1. The predicted molar refractivity (Wildman–Crippen MR) is 121 cm³/mol. The molecule has 11 nitrogen and oxygen atoms in total. The molecule has 170 valence electrons. The molecule has 1 aromatic carbocycles. The van der Waals surface area contributed by atoms with E-state index in [0.717, 1.165) is 31.6 Å². The molecule has 1 fully saturated rings. The Morgan fingerprint density at radius 1 is 1.27 bits per heavy atom. The van der Waals surface area contributed by atoms with Gasteiger partial charge >= 0.3 is 11.7 Å². The van der Waals surface area contributed by atoms with E-state index in [-0.39, 0.29) is 23.6 Å². The van der Waals surface area contributed by atoms with Crippen LogP contribution in [0.15, 0.2) is 40.2 Å². The number of nitrogens with one attached hydrogen (secondary N) is 2. The fourth-order valence-electron chi connectivity index (χ4n) is 3.54. The molecule has 0 saturated heterocycles. The molecule has 0 unspecified atom stereocenters. The van der Waals surface area contributed by atoms with Gasteiger partial charge in [-0.2, -0.15) is 19.6 Å². The van der Waals surface area contributed by atoms with Crippen LogP contribution in [-0.2, 0) is 0 Å². The molecule has 3 aromatic heterocycles. The lowest BCUT2D eigenvalue weighted by Gasteiger charge is -2.21. The van der Waals surface area contributed by atoms with Gasteiger partial charge in [-0.3, -0.25) is 4.98 Å². The average molecular weight is 448 g/mol. The molecule has 3 heterocycles. The summed E-state index contributed by atoms with van der Waals surface area (Å²) in [6.45, 7) is 5.98. The normalized spacial score (nSPS) is 14.8. The van der Waals surface area contributed by atoms with Crippen LogP contribution in [0.25, 0.3) is 11.7 Å². The lowest BCUT2D eigenvalue weighted by Crippen LogP contribution is -2.23. The first-order valence-electron chi connectivity index (χ1n) is 10.9. The van der Waals surface area contributed by atoms with Crippen LogP contribution >= 0.6 is 0 Å². The van der Waals surface area contributed by atoms with Crippen LogP contribution < -0.4 is 26.2 Å². The van der Waals surface area contributed by atoms with E-state index >= 15 is 0 Å². The van der Waals surface area contributed by atoms with Gasteiger partial charge in [-0.25, -0.2) is 9.79 Å². The Kier molecular flexibility index (Phi) is 5.29. The molecule has 1 saturated carbocycles. The zero-order valence-electron chi connectivity index (χ0n) is 18.3. The summed E-state index contributed by atoms with van der Waals surface area (Å²) in [5.41, 5.74) is 1.60. The van der Waals surface area contributed by atoms with Crippen molar-refractivity contribution in [3.05, 3.63) is 57.5 Å². The highest BCUT2D eigenvalue weighted by Crippen LogP contribution is 2.24. The van der Waals surface area contributed by atoms with Crippen molar-refractivity contribution in [3.63, 3.8) is 0 Å². The number of aromatic amines is 2. The van der Waals surface area contributed by atoms with Gasteiger partial charge in [0, 0.05) is 30.1 Å². The number of fused-ring (bicyclic) bond motifs is 1. The third-order valence-electron chi connectivity index (χ3n) is 5.39. The molecule has 0 atom stereocenters. The van der Waals surface area contributed by atoms with E-state index in [1.165, 1.54) is 4.52 Å². The van der Waals surface area contributed by atoms with Gasteiger partial charge in [0.15, 0.2) is 5.65 Å². The maximum absolute atomic E-state index is 11.5. The first kappa shape index (κ1) is 20.7. The van der Waals surface area contributed by atoms with Crippen molar-refractivity contribution in [2.45, 2.75) is 32.7 Å². The van der Waals surface area contributed by atoms with Crippen LogP contribution in [0.2, 0.25) is 0 Å². The van der Waals surface area contributed by atoms with E-state index in [2.05, 4.69) is 48.8 Å². The summed E-state index contributed by atoms with van der Waals surface area (Å²) in [4.78, 5) is 32.2. The van der Waals surface area contributed by atoms with Gasteiger partial charge in [0.1, 0.15) is 11.4 Å². The third-order valence-corrected chi connectivity index (χ3v) is 5.39. The molecule has 3 N–H and O–H groups in total. The van der Waals surface area contributed by atoms with Crippen molar-refractivity contribution in [1.82, 2.24) is 29.5 Å². The Balaban J connectivity index is 1.61. The number of H-pyrrole nitrogens is 2. The minimum absolute atomic E-state index is 0.139. The first-order valence-corrected chi connectivity index (χ1v) is 10.9. The van der Waals surface area contributed by atoms with E-state index < -0.39 is 5.69 Å². The number of aromatic nitrogens is 6. The number of rotatable bonds is 7. The lowest BCUT2D eigenvalue weighted by molar-refractivity contribution is 0.435. The van der Waals surface area contributed by atoms with E-state index in [1.807, 2.05) is 24.3 Å². The zero-order chi connectivity index (χ0) is 22.9. The van der Waals surface area contributed by atoms with Crippen molar-refractivity contribution in [2.24, 2.45) is 4.99 Å². The maximum Gasteiger partial charge on any atom is 0.327 e. The summed E-state index contributed by atoms with van der Waals surface area (Å²) in [6.07, 6.45) is 5.17. The number of imidazole rings is 1. The number of nitrogens with zero attached hydrogens (tertiary/aromatic N) is 6. The van der Waals surface area contributed by atoms with Gasteiger partial charge in [0.2, 0.25) is 5.88 Å². The summed E-state index contributed by atoms with van der Waals surface area (Å²) in [5.74, 6) is 0.347. The molecular weight excluding hydrogens is 424 g/mol. The van der Waals surface area contributed by atoms with Crippen LogP contribution in [0, 0.1) is 0 Å². The van der Waals surface area contributed by atoms with Gasteiger partial charge in [0.25, 0.3) is 5.62 Å². The maximum atomic E-state index is 11.5. The van der Waals surface area contributed by atoms with Gasteiger partial charge < -0.3 is 19.7 Å². The van der Waals surface area contributed by atoms with E-state index in [0.29, 0.717) is 22.2 Å². The van der Waals surface area contributed by atoms with Gasteiger partial charge in [0.05, 0.1) is 12.2 Å². The lowest BCUT2D eigenvalue weighted by atomic mass is 10.2. The minimum Gasteiger partial charge on any atom is -0.493 e. The number of ether oxygens (including phenoxy) is 1.